The van der Waals surface area contributed by atoms with Gasteiger partial charge in [-0.1, -0.05) is 17.7 Å². The first kappa shape index (κ1) is 16.8. The molecule has 0 aliphatic rings. The van der Waals surface area contributed by atoms with Crippen molar-refractivity contribution in [1.29, 1.82) is 0 Å². The number of halogens is 1. The number of nitrogens with one attached hydrogen (secondary N) is 2. The molecule has 1 aromatic heterocycles. The maximum absolute atomic E-state index is 12.0. The number of carbonyl (C=O) groups is 1. The summed E-state index contributed by atoms with van der Waals surface area (Å²) in [6, 6.07) is 9.29. The SMILES string of the molecule is COC(CNC(=O)Nc1ccc(C)c(C)c1)c1ccc(Cl)s1. The highest BCUT2D eigenvalue weighted by atomic mass is 35.5. The van der Waals surface area contributed by atoms with Crippen molar-refractivity contribution in [3.05, 3.63) is 50.7 Å². The summed E-state index contributed by atoms with van der Waals surface area (Å²) in [4.78, 5) is 13.0. The molecule has 0 bridgehead atoms. The van der Waals surface area contributed by atoms with E-state index in [-0.39, 0.29) is 12.1 Å². The molecule has 2 N–H and O–H groups in total. The van der Waals surface area contributed by atoms with Crippen LogP contribution in [0.15, 0.2) is 30.3 Å². The molecule has 0 saturated carbocycles. The van der Waals surface area contributed by atoms with E-state index in [1.165, 1.54) is 16.9 Å². The zero-order chi connectivity index (χ0) is 16.1. The lowest BCUT2D eigenvalue weighted by molar-refractivity contribution is 0.107. The molecule has 2 amide bonds. The number of hydrogen-bond acceptors (Lipinski definition) is 3. The third-order valence-electron chi connectivity index (χ3n) is 3.41. The van der Waals surface area contributed by atoms with Gasteiger partial charge in [-0.3, -0.25) is 0 Å². The molecule has 0 aliphatic carbocycles. The number of methoxy groups -OCH3 is 1. The summed E-state index contributed by atoms with van der Waals surface area (Å²) < 4.78 is 6.10. The Kier molecular flexibility index (Phi) is 5.83. The van der Waals surface area contributed by atoms with Crippen LogP contribution in [0.5, 0.6) is 0 Å². The van der Waals surface area contributed by atoms with Crippen molar-refractivity contribution in [2.45, 2.75) is 20.0 Å². The van der Waals surface area contributed by atoms with Crippen LogP contribution in [0.4, 0.5) is 10.5 Å². The van der Waals surface area contributed by atoms with Crippen LogP contribution in [-0.2, 0) is 4.74 Å². The minimum absolute atomic E-state index is 0.206. The van der Waals surface area contributed by atoms with Crippen molar-refractivity contribution >= 4 is 34.7 Å². The number of aryl methyl sites for hydroxylation is 2. The van der Waals surface area contributed by atoms with Crippen molar-refractivity contribution < 1.29 is 9.53 Å². The van der Waals surface area contributed by atoms with E-state index in [1.807, 2.05) is 44.2 Å². The fourth-order valence-corrected chi connectivity index (χ4v) is 3.12. The Hall–Kier alpha value is -1.56. The quantitative estimate of drug-likeness (QED) is 0.841. The highest BCUT2D eigenvalue weighted by molar-refractivity contribution is 7.16. The number of urea groups is 1. The predicted molar refractivity (Wildman–Crippen MR) is 92.0 cm³/mol. The standard InChI is InChI=1S/C16H19ClN2O2S/c1-10-4-5-12(8-11(10)2)19-16(20)18-9-13(21-3)14-6-7-15(17)22-14/h4-8,13H,9H2,1-3H3,(H2,18,19,20). The average Bonchev–Trinajstić information content (AvgIpc) is 2.90. The molecule has 4 nitrogen and oxygen atoms in total. The first-order valence-corrected chi connectivity index (χ1v) is 8.09. The van der Waals surface area contributed by atoms with E-state index in [9.17, 15) is 4.79 Å². The topological polar surface area (TPSA) is 50.4 Å². The summed E-state index contributed by atoms with van der Waals surface area (Å²) >= 11 is 7.37. The van der Waals surface area contributed by atoms with Crippen molar-refractivity contribution in [3.8, 4) is 0 Å². The van der Waals surface area contributed by atoms with Crippen LogP contribution in [0.3, 0.4) is 0 Å². The molecule has 1 heterocycles. The zero-order valence-corrected chi connectivity index (χ0v) is 14.3. The van der Waals surface area contributed by atoms with Gasteiger partial charge >= 0.3 is 6.03 Å². The van der Waals surface area contributed by atoms with Crippen LogP contribution >= 0.6 is 22.9 Å². The summed E-state index contributed by atoms with van der Waals surface area (Å²) in [5, 5.41) is 5.63. The Balaban J connectivity index is 1.90. The fourth-order valence-electron chi connectivity index (χ4n) is 1.98. The number of hydrogen-bond donors (Lipinski definition) is 2. The van der Waals surface area contributed by atoms with E-state index in [0.717, 1.165) is 16.1 Å². The van der Waals surface area contributed by atoms with Crippen LogP contribution < -0.4 is 10.6 Å². The molecule has 1 aromatic carbocycles. The maximum Gasteiger partial charge on any atom is 0.319 e. The number of benzene rings is 1. The van der Waals surface area contributed by atoms with Gasteiger partial charge in [0, 0.05) is 17.7 Å². The van der Waals surface area contributed by atoms with Crippen molar-refractivity contribution in [2.75, 3.05) is 19.0 Å². The summed E-state index contributed by atoms with van der Waals surface area (Å²) in [6.07, 6.45) is -0.206. The number of ether oxygens (including phenoxy) is 1. The van der Waals surface area contributed by atoms with Crippen LogP contribution in [0.2, 0.25) is 4.34 Å². The summed E-state index contributed by atoms with van der Waals surface area (Å²) in [6.45, 7) is 4.43. The van der Waals surface area contributed by atoms with Crippen molar-refractivity contribution in [3.63, 3.8) is 0 Å². The lowest BCUT2D eigenvalue weighted by atomic mass is 10.1. The van der Waals surface area contributed by atoms with Gasteiger partial charge in [0.1, 0.15) is 6.10 Å². The molecule has 1 unspecified atom stereocenters. The van der Waals surface area contributed by atoms with Crippen LogP contribution in [0.25, 0.3) is 0 Å². The Morgan fingerprint density at radius 1 is 1.27 bits per heavy atom. The average molecular weight is 339 g/mol. The van der Waals surface area contributed by atoms with Crippen LogP contribution in [0, 0.1) is 13.8 Å². The number of anilines is 1. The van der Waals surface area contributed by atoms with E-state index in [1.54, 1.807) is 7.11 Å². The third-order valence-corrected chi connectivity index (χ3v) is 4.73. The Bertz CT molecular complexity index is 657. The second-order valence-corrected chi connectivity index (χ2v) is 6.75. The summed E-state index contributed by atoms with van der Waals surface area (Å²) in [5.41, 5.74) is 3.11. The minimum atomic E-state index is -0.257. The zero-order valence-electron chi connectivity index (χ0n) is 12.8. The number of carbonyl (C=O) groups excluding carboxylic acids is 1. The van der Waals surface area contributed by atoms with Gasteiger partial charge < -0.3 is 15.4 Å². The molecule has 0 saturated heterocycles. The smallest absolute Gasteiger partial charge is 0.319 e. The van der Waals surface area contributed by atoms with Gasteiger partial charge in [0.2, 0.25) is 0 Å². The molecular weight excluding hydrogens is 320 g/mol. The molecule has 2 aromatic rings. The monoisotopic (exact) mass is 338 g/mol. The molecule has 2 rings (SSSR count). The molecule has 0 radical (unpaired) electrons. The molecule has 6 heteroatoms. The predicted octanol–water partition coefficient (Wildman–Crippen LogP) is 4.53. The van der Waals surface area contributed by atoms with Gasteiger partial charge in [-0.15, -0.1) is 11.3 Å². The Morgan fingerprint density at radius 2 is 2.05 bits per heavy atom. The number of thiophene rings is 1. The molecule has 22 heavy (non-hydrogen) atoms. The second kappa shape index (κ2) is 7.63. The maximum atomic E-state index is 12.0. The molecule has 0 spiro atoms. The highest BCUT2D eigenvalue weighted by Crippen LogP contribution is 2.28. The summed E-state index contributed by atoms with van der Waals surface area (Å²) in [5.74, 6) is 0. The van der Waals surface area contributed by atoms with Gasteiger partial charge in [-0.25, -0.2) is 4.79 Å². The molecule has 0 aliphatic heterocycles. The summed E-state index contributed by atoms with van der Waals surface area (Å²) in [7, 11) is 1.61. The van der Waals surface area contributed by atoms with Gasteiger partial charge in [0.25, 0.3) is 0 Å². The molecular formula is C16H19ClN2O2S. The van der Waals surface area contributed by atoms with E-state index >= 15 is 0 Å². The first-order chi connectivity index (χ1) is 10.5. The normalized spacial score (nSPS) is 12.0. The van der Waals surface area contributed by atoms with Gasteiger partial charge in [-0.2, -0.15) is 0 Å². The van der Waals surface area contributed by atoms with Crippen molar-refractivity contribution in [2.24, 2.45) is 0 Å². The Labute approximate surface area is 139 Å². The minimum Gasteiger partial charge on any atom is -0.374 e. The van der Waals surface area contributed by atoms with E-state index < -0.39 is 0 Å². The highest BCUT2D eigenvalue weighted by Gasteiger charge is 2.14. The van der Waals surface area contributed by atoms with E-state index in [4.69, 9.17) is 16.3 Å². The number of rotatable bonds is 5. The second-order valence-electron chi connectivity index (χ2n) is 5.00. The fraction of sp³-hybridized carbons (Fsp3) is 0.312. The molecule has 0 fully saturated rings. The molecule has 118 valence electrons. The van der Waals surface area contributed by atoms with Gasteiger partial charge in [0.05, 0.1) is 10.9 Å². The van der Waals surface area contributed by atoms with Crippen LogP contribution in [-0.4, -0.2) is 19.7 Å². The lowest BCUT2D eigenvalue weighted by Gasteiger charge is -2.15. The van der Waals surface area contributed by atoms with Gasteiger partial charge in [-0.05, 0) is 49.2 Å². The lowest BCUT2D eigenvalue weighted by Crippen LogP contribution is -2.32. The van der Waals surface area contributed by atoms with Crippen LogP contribution in [0.1, 0.15) is 22.1 Å². The Morgan fingerprint density at radius 3 is 2.64 bits per heavy atom. The number of amides is 2. The van der Waals surface area contributed by atoms with E-state index in [0.29, 0.717) is 10.9 Å². The largest absolute Gasteiger partial charge is 0.374 e. The third kappa shape index (κ3) is 4.47. The van der Waals surface area contributed by atoms with E-state index in [2.05, 4.69) is 10.6 Å². The van der Waals surface area contributed by atoms with Gasteiger partial charge in [0.15, 0.2) is 0 Å². The molecule has 1 atom stereocenters. The first-order valence-electron chi connectivity index (χ1n) is 6.89. The van der Waals surface area contributed by atoms with Crippen molar-refractivity contribution in [1.82, 2.24) is 5.32 Å².